The number of thiazole rings is 1. The zero-order valence-electron chi connectivity index (χ0n) is 12.8. The first-order valence-electron chi connectivity index (χ1n) is 7.19. The predicted molar refractivity (Wildman–Crippen MR) is 93.9 cm³/mol. The molecular weight excluding hydrogens is 318 g/mol. The molecule has 22 heavy (non-hydrogen) atoms. The minimum absolute atomic E-state index is 0. The van der Waals surface area contributed by atoms with Crippen molar-refractivity contribution in [3.63, 3.8) is 0 Å². The molecule has 0 spiro atoms. The molecule has 0 saturated carbocycles. The fraction of sp³-hybridized carbons (Fsp3) is 0.375. The molecule has 2 aromatic rings. The number of rotatable bonds is 7. The average Bonchev–Trinajstić information content (AvgIpc) is 3.04. The van der Waals surface area contributed by atoms with Gasteiger partial charge in [-0.2, -0.15) is 0 Å². The highest BCUT2D eigenvalue weighted by Crippen LogP contribution is 2.20. The van der Waals surface area contributed by atoms with Gasteiger partial charge in [-0.1, -0.05) is 25.1 Å². The van der Waals surface area contributed by atoms with Crippen LogP contribution in [0.3, 0.4) is 0 Å². The molecule has 1 unspecified atom stereocenters. The van der Waals surface area contributed by atoms with Crippen molar-refractivity contribution in [2.24, 2.45) is 0 Å². The fourth-order valence-corrected chi connectivity index (χ4v) is 2.97. The van der Waals surface area contributed by atoms with E-state index in [1.54, 1.807) is 17.5 Å². The van der Waals surface area contributed by atoms with E-state index in [1.807, 2.05) is 36.7 Å². The van der Waals surface area contributed by atoms with E-state index in [0.717, 1.165) is 35.5 Å². The highest BCUT2D eigenvalue weighted by atomic mass is 35.5. The number of halogens is 1. The molecule has 1 aromatic carbocycles. The molecule has 1 aromatic heterocycles. The summed E-state index contributed by atoms with van der Waals surface area (Å²) in [5.74, 6) is -0.0243. The number of hydrogen-bond acceptors (Lipinski definition) is 4. The molecule has 0 aliphatic rings. The van der Waals surface area contributed by atoms with Gasteiger partial charge in [-0.25, -0.2) is 4.98 Å². The first-order valence-corrected chi connectivity index (χ1v) is 8.07. The van der Waals surface area contributed by atoms with E-state index in [4.69, 9.17) is 0 Å². The summed E-state index contributed by atoms with van der Waals surface area (Å²) in [5.41, 5.74) is 1.82. The summed E-state index contributed by atoms with van der Waals surface area (Å²) in [6, 6.07) is 7.75. The fourth-order valence-electron chi connectivity index (χ4n) is 2.20. The summed E-state index contributed by atoms with van der Waals surface area (Å²) in [4.78, 5) is 16.8. The lowest BCUT2D eigenvalue weighted by molar-refractivity contribution is 0.0934. The monoisotopic (exact) mass is 339 g/mol. The van der Waals surface area contributed by atoms with Crippen LogP contribution in [0.4, 0.5) is 0 Å². The lowest BCUT2D eigenvalue weighted by atomic mass is 10.0. The lowest BCUT2D eigenvalue weighted by Crippen LogP contribution is -2.29. The molecule has 120 valence electrons. The Morgan fingerprint density at radius 3 is 2.77 bits per heavy atom. The average molecular weight is 340 g/mol. The number of carbonyl (C=O) groups is 1. The predicted octanol–water partition coefficient (Wildman–Crippen LogP) is 3.21. The molecule has 0 bridgehead atoms. The number of benzene rings is 1. The number of amides is 1. The molecule has 1 heterocycles. The van der Waals surface area contributed by atoms with Gasteiger partial charge < -0.3 is 10.6 Å². The van der Waals surface area contributed by atoms with Crippen LogP contribution in [0.2, 0.25) is 0 Å². The van der Waals surface area contributed by atoms with Crippen molar-refractivity contribution < 1.29 is 4.79 Å². The van der Waals surface area contributed by atoms with Crippen molar-refractivity contribution >= 4 is 29.7 Å². The summed E-state index contributed by atoms with van der Waals surface area (Å²) in [6.45, 7) is 2.91. The third kappa shape index (κ3) is 4.80. The molecule has 2 rings (SSSR count). The minimum atomic E-state index is -0.0243. The maximum absolute atomic E-state index is 12.5. The van der Waals surface area contributed by atoms with Gasteiger partial charge in [0.2, 0.25) is 0 Å². The highest BCUT2D eigenvalue weighted by molar-refractivity contribution is 7.09. The SMILES string of the molecule is CCC(NC(=O)c1ccccc1CCNC)c1nccs1.Cl. The van der Waals surface area contributed by atoms with Crippen LogP contribution in [0, 0.1) is 0 Å². The first kappa shape index (κ1) is 18.6. The number of aromatic nitrogens is 1. The number of nitrogens with one attached hydrogen (secondary N) is 2. The molecular formula is C16H22ClN3OS. The molecule has 0 fully saturated rings. The van der Waals surface area contributed by atoms with Crippen LogP contribution in [0.15, 0.2) is 35.8 Å². The third-order valence-electron chi connectivity index (χ3n) is 3.37. The van der Waals surface area contributed by atoms with Crippen molar-refractivity contribution in [1.82, 2.24) is 15.6 Å². The van der Waals surface area contributed by atoms with Crippen molar-refractivity contribution in [3.05, 3.63) is 52.0 Å². The van der Waals surface area contributed by atoms with E-state index in [1.165, 1.54) is 0 Å². The van der Waals surface area contributed by atoms with E-state index < -0.39 is 0 Å². The van der Waals surface area contributed by atoms with Gasteiger partial charge in [0.1, 0.15) is 5.01 Å². The van der Waals surface area contributed by atoms with Crippen LogP contribution in [0.25, 0.3) is 0 Å². The van der Waals surface area contributed by atoms with E-state index in [0.29, 0.717) is 0 Å². The smallest absolute Gasteiger partial charge is 0.252 e. The van der Waals surface area contributed by atoms with Crippen LogP contribution in [0.1, 0.15) is 40.3 Å². The van der Waals surface area contributed by atoms with Crippen LogP contribution >= 0.6 is 23.7 Å². The Morgan fingerprint density at radius 1 is 1.36 bits per heavy atom. The molecule has 1 atom stereocenters. The van der Waals surface area contributed by atoms with Crippen molar-refractivity contribution in [2.75, 3.05) is 13.6 Å². The van der Waals surface area contributed by atoms with Gasteiger partial charge in [0.25, 0.3) is 5.91 Å². The van der Waals surface area contributed by atoms with Crippen molar-refractivity contribution in [2.45, 2.75) is 25.8 Å². The van der Waals surface area contributed by atoms with Gasteiger partial charge in [-0.05, 0) is 38.1 Å². The van der Waals surface area contributed by atoms with Crippen LogP contribution < -0.4 is 10.6 Å². The van der Waals surface area contributed by atoms with Gasteiger partial charge in [0.15, 0.2) is 0 Å². The van der Waals surface area contributed by atoms with Gasteiger partial charge in [-0.15, -0.1) is 23.7 Å². The Hall–Kier alpha value is -1.43. The summed E-state index contributed by atoms with van der Waals surface area (Å²) in [6.07, 6.45) is 3.45. The van der Waals surface area contributed by atoms with E-state index in [2.05, 4.69) is 22.5 Å². The summed E-state index contributed by atoms with van der Waals surface area (Å²) < 4.78 is 0. The Bertz CT molecular complexity index is 575. The Morgan fingerprint density at radius 2 is 2.14 bits per heavy atom. The molecule has 0 aliphatic carbocycles. The summed E-state index contributed by atoms with van der Waals surface area (Å²) in [5, 5.41) is 9.10. The van der Waals surface area contributed by atoms with Gasteiger partial charge in [0, 0.05) is 17.1 Å². The Balaban J connectivity index is 0.00000242. The number of nitrogens with zero attached hydrogens (tertiary/aromatic N) is 1. The quantitative estimate of drug-likeness (QED) is 0.814. The largest absolute Gasteiger partial charge is 0.343 e. The first-order chi connectivity index (χ1) is 10.3. The Labute approximate surface area is 141 Å². The molecule has 0 radical (unpaired) electrons. The van der Waals surface area contributed by atoms with E-state index >= 15 is 0 Å². The van der Waals surface area contributed by atoms with E-state index in [-0.39, 0.29) is 24.4 Å². The Kier molecular flexibility index (Phi) is 8.09. The third-order valence-corrected chi connectivity index (χ3v) is 4.26. The van der Waals surface area contributed by atoms with Crippen LogP contribution in [-0.4, -0.2) is 24.5 Å². The minimum Gasteiger partial charge on any atom is -0.343 e. The molecule has 4 nitrogen and oxygen atoms in total. The van der Waals surface area contributed by atoms with Crippen molar-refractivity contribution in [1.29, 1.82) is 0 Å². The zero-order valence-corrected chi connectivity index (χ0v) is 14.5. The van der Waals surface area contributed by atoms with Gasteiger partial charge in [0.05, 0.1) is 6.04 Å². The molecule has 1 amide bonds. The molecule has 0 saturated heterocycles. The van der Waals surface area contributed by atoms with Gasteiger partial charge >= 0.3 is 0 Å². The molecule has 2 N–H and O–H groups in total. The van der Waals surface area contributed by atoms with Gasteiger partial charge in [-0.3, -0.25) is 4.79 Å². The van der Waals surface area contributed by atoms with E-state index in [9.17, 15) is 4.79 Å². The molecule has 0 aliphatic heterocycles. The number of hydrogen-bond donors (Lipinski definition) is 2. The number of carbonyl (C=O) groups excluding carboxylic acids is 1. The topological polar surface area (TPSA) is 54.0 Å². The standard InChI is InChI=1S/C16H21N3OS.ClH/c1-3-14(16-18-10-11-21-16)19-15(20)13-7-5-4-6-12(13)8-9-17-2;/h4-7,10-11,14,17H,3,8-9H2,1-2H3,(H,19,20);1H. The maximum atomic E-state index is 12.5. The molecule has 6 heteroatoms. The second-order valence-electron chi connectivity index (χ2n) is 4.82. The normalized spacial score (nSPS) is 11.5. The maximum Gasteiger partial charge on any atom is 0.252 e. The summed E-state index contributed by atoms with van der Waals surface area (Å²) >= 11 is 1.58. The van der Waals surface area contributed by atoms with Crippen LogP contribution in [0.5, 0.6) is 0 Å². The zero-order chi connectivity index (χ0) is 15.1. The summed E-state index contributed by atoms with van der Waals surface area (Å²) in [7, 11) is 1.91. The highest BCUT2D eigenvalue weighted by Gasteiger charge is 2.17. The second-order valence-corrected chi connectivity index (χ2v) is 5.74. The van der Waals surface area contributed by atoms with Crippen molar-refractivity contribution in [3.8, 4) is 0 Å². The second kappa shape index (κ2) is 9.56. The van der Waals surface area contributed by atoms with Crippen LogP contribution in [-0.2, 0) is 6.42 Å². The number of likely N-dealkylation sites (N-methyl/N-ethyl adjacent to an activating group) is 1. The lowest BCUT2D eigenvalue weighted by Gasteiger charge is -2.16.